The van der Waals surface area contributed by atoms with Gasteiger partial charge in [-0.1, -0.05) is 6.07 Å². The van der Waals surface area contributed by atoms with Crippen molar-refractivity contribution in [2.75, 3.05) is 0 Å². The lowest BCUT2D eigenvalue weighted by Gasteiger charge is -2.21. The molecular weight excluding hydrogens is 227 g/mol. The Kier molecular flexibility index (Phi) is 2.33. The Morgan fingerprint density at radius 3 is 2.61 bits per heavy atom. The lowest BCUT2D eigenvalue weighted by atomic mass is 9.88. The van der Waals surface area contributed by atoms with E-state index in [0.717, 1.165) is 35.0 Å². The minimum absolute atomic E-state index is 0.00857. The molecule has 0 spiro atoms. The fraction of sp³-hybridized carbons (Fsp3) is 0.467. The summed E-state index contributed by atoms with van der Waals surface area (Å²) in [6.45, 7) is 3.98. The van der Waals surface area contributed by atoms with E-state index in [-0.39, 0.29) is 17.3 Å². The van der Waals surface area contributed by atoms with Gasteiger partial charge >= 0.3 is 0 Å². The van der Waals surface area contributed by atoms with Gasteiger partial charge in [-0.25, -0.2) is 4.39 Å². The average molecular weight is 246 g/mol. The second-order valence-corrected chi connectivity index (χ2v) is 5.65. The van der Waals surface area contributed by atoms with Crippen molar-refractivity contribution in [1.29, 1.82) is 0 Å². The van der Waals surface area contributed by atoms with E-state index in [4.69, 9.17) is 5.73 Å². The number of hydrogen-bond acceptors (Lipinski definition) is 1. The van der Waals surface area contributed by atoms with Crippen LogP contribution in [0.15, 0.2) is 18.2 Å². The molecular formula is C15H19FN2. The third kappa shape index (κ3) is 1.37. The molecule has 1 atom stereocenters. The summed E-state index contributed by atoms with van der Waals surface area (Å²) in [7, 11) is 1.97. The number of aryl methyl sites for hydroxylation is 2. The molecule has 1 aliphatic carbocycles. The summed E-state index contributed by atoms with van der Waals surface area (Å²) in [5.74, 6) is -0.0778. The zero-order valence-corrected chi connectivity index (χ0v) is 11.1. The minimum Gasteiger partial charge on any atom is -0.348 e. The van der Waals surface area contributed by atoms with E-state index < -0.39 is 0 Å². The maximum absolute atomic E-state index is 14.7. The second-order valence-electron chi connectivity index (χ2n) is 5.65. The molecule has 1 saturated carbocycles. The van der Waals surface area contributed by atoms with E-state index in [1.807, 2.05) is 43.7 Å². The molecule has 2 nitrogen and oxygen atoms in total. The maximum atomic E-state index is 14.7. The van der Waals surface area contributed by atoms with E-state index in [2.05, 4.69) is 0 Å². The third-order valence-electron chi connectivity index (χ3n) is 4.60. The van der Waals surface area contributed by atoms with Crippen LogP contribution in [0.3, 0.4) is 0 Å². The van der Waals surface area contributed by atoms with Crippen LogP contribution in [0.4, 0.5) is 4.39 Å². The van der Waals surface area contributed by atoms with Crippen molar-refractivity contribution < 1.29 is 4.39 Å². The van der Waals surface area contributed by atoms with Crippen LogP contribution in [0.5, 0.6) is 0 Å². The van der Waals surface area contributed by atoms with Crippen LogP contribution in [-0.4, -0.2) is 10.6 Å². The minimum atomic E-state index is -0.123. The SMILES string of the molecule is Cc1cc2c(F)c(C3(C(C)N)CC3)ccc2n1C. The van der Waals surface area contributed by atoms with Gasteiger partial charge in [-0.3, -0.25) is 0 Å². The molecule has 0 amide bonds. The molecule has 0 aliphatic heterocycles. The Hall–Kier alpha value is -1.35. The van der Waals surface area contributed by atoms with Crippen molar-refractivity contribution in [3.05, 3.63) is 35.3 Å². The number of aromatic nitrogens is 1. The van der Waals surface area contributed by atoms with Crippen molar-refractivity contribution in [3.8, 4) is 0 Å². The summed E-state index contributed by atoms with van der Waals surface area (Å²) in [6.07, 6.45) is 2.00. The van der Waals surface area contributed by atoms with Crippen LogP contribution < -0.4 is 5.73 Å². The molecule has 1 unspecified atom stereocenters. The Morgan fingerprint density at radius 1 is 1.39 bits per heavy atom. The topological polar surface area (TPSA) is 30.9 Å². The summed E-state index contributed by atoms with van der Waals surface area (Å²) in [4.78, 5) is 0. The van der Waals surface area contributed by atoms with Crippen LogP contribution in [0, 0.1) is 12.7 Å². The van der Waals surface area contributed by atoms with E-state index in [1.165, 1.54) is 0 Å². The first-order valence-electron chi connectivity index (χ1n) is 6.48. The lowest BCUT2D eigenvalue weighted by Crippen LogP contribution is -2.32. The highest BCUT2D eigenvalue weighted by Crippen LogP contribution is 2.51. The van der Waals surface area contributed by atoms with Crippen LogP contribution >= 0.6 is 0 Å². The summed E-state index contributed by atoms with van der Waals surface area (Å²) in [5, 5.41) is 0.722. The standard InChI is InChI=1S/C15H19FN2/c1-9-8-11-13(18(9)3)5-4-12(14(11)16)15(6-7-15)10(2)17/h4-5,8,10H,6-7,17H2,1-3H3. The monoisotopic (exact) mass is 246 g/mol. The first-order chi connectivity index (χ1) is 8.47. The highest BCUT2D eigenvalue weighted by atomic mass is 19.1. The van der Waals surface area contributed by atoms with Gasteiger partial charge < -0.3 is 10.3 Å². The summed E-state index contributed by atoms with van der Waals surface area (Å²) >= 11 is 0. The number of hydrogen-bond donors (Lipinski definition) is 1. The van der Waals surface area contributed by atoms with Gasteiger partial charge in [0, 0.05) is 29.6 Å². The van der Waals surface area contributed by atoms with Crippen molar-refractivity contribution >= 4 is 10.9 Å². The van der Waals surface area contributed by atoms with Crippen molar-refractivity contribution in [2.24, 2.45) is 12.8 Å². The number of fused-ring (bicyclic) bond motifs is 1. The van der Waals surface area contributed by atoms with Crippen LogP contribution in [0.1, 0.15) is 31.0 Å². The molecule has 1 heterocycles. The number of nitrogens with zero attached hydrogens (tertiary/aromatic N) is 1. The number of halogens is 1. The predicted octanol–water partition coefficient (Wildman–Crippen LogP) is 3.00. The van der Waals surface area contributed by atoms with Gasteiger partial charge in [0.25, 0.3) is 0 Å². The highest BCUT2D eigenvalue weighted by molar-refractivity contribution is 5.83. The van der Waals surface area contributed by atoms with E-state index >= 15 is 0 Å². The van der Waals surface area contributed by atoms with Gasteiger partial charge in [-0.15, -0.1) is 0 Å². The Bertz CT molecular complexity index is 621. The molecule has 96 valence electrons. The quantitative estimate of drug-likeness (QED) is 0.867. The predicted molar refractivity (Wildman–Crippen MR) is 72.2 cm³/mol. The number of rotatable bonds is 2. The molecule has 18 heavy (non-hydrogen) atoms. The fourth-order valence-electron chi connectivity index (χ4n) is 3.00. The molecule has 0 bridgehead atoms. The summed E-state index contributed by atoms with van der Waals surface area (Å²) in [5.41, 5.74) is 8.75. The van der Waals surface area contributed by atoms with Gasteiger partial charge in [0.1, 0.15) is 5.82 Å². The first-order valence-corrected chi connectivity index (χ1v) is 6.48. The first kappa shape index (κ1) is 11.7. The molecule has 1 fully saturated rings. The zero-order chi connectivity index (χ0) is 13.1. The molecule has 1 aliphatic rings. The number of benzene rings is 1. The van der Waals surface area contributed by atoms with Crippen molar-refractivity contribution in [2.45, 2.75) is 38.1 Å². The van der Waals surface area contributed by atoms with Crippen LogP contribution in [-0.2, 0) is 12.5 Å². The van der Waals surface area contributed by atoms with Crippen molar-refractivity contribution in [1.82, 2.24) is 4.57 Å². The van der Waals surface area contributed by atoms with Gasteiger partial charge in [0.05, 0.1) is 5.52 Å². The van der Waals surface area contributed by atoms with Gasteiger partial charge in [-0.2, -0.15) is 0 Å². The fourth-order valence-corrected chi connectivity index (χ4v) is 3.00. The Morgan fingerprint density at radius 2 is 2.06 bits per heavy atom. The van der Waals surface area contributed by atoms with E-state index in [0.29, 0.717) is 0 Å². The second kappa shape index (κ2) is 3.58. The Labute approximate surface area is 107 Å². The smallest absolute Gasteiger partial charge is 0.136 e. The van der Waals surface area contributed by atoms with Gasteiger partial charge in [-0.05, 0) is 44.4 Å². The molecule has 1 aromatic carbocycles. The normalized spacial score (nSPS) is 19.2. The van der Waals surface area contributed by atoms with Gasteiger partial charge in [0.15, 0.2) is 0 Å². The molecule has 2 N–H and O–H groups in total. The average Bonchev–Trinajstić information content (AvgIpc) is 3.06. The lowest BCUT2D eigenvalue weighted by molar-refractivity contribution is 0.517. The molecule has 3 rings (SSSR count). The molecule has 2 aromatic rings. The maximum Gasteiger partial charge on any atom is 0.136 e. The van der Waals surface area contributed by atoms with Gasteiger partial charge in [0.2, 0.25) is 0 Å². The molecule has 3 heteroatoms. The summed E-state index contributed by atoms with van der Waals surface area (Å²) < 4.78 is 16.7. The van der Waals surface area contributed by atoms with E-state index in [1.54, 1.807) is 0 Å². The Balaban J connectivity index is 2.25. The molecule has 0 saturated heterocycles. The summed E-state index contributed by atoms with van der Waals surface area (Å²) in [6, 6.07) is 5.87. The zero-order valence-electron chi connectivity index (χ0n) is 11.1. The van der Waals surface area contributed by atoms with Crippen molar-refractivity contribution in [3.63, 3.8) is 0 Å². The number of nitrogens with two attached hydrogens (primary N) is 1. The van der Waals surface area contributed by atoms with Crippen LogP contribution in [0.2, 0.25) is 0 Å². The third-order valence-corrected chi connectivity index (χ3v) is 4.60. The largest absolute Gasteiger partial charge is 0.348 e. The highest BCUT2D eigenvalue weighted by Gasteiger charge is 2.49. The van der Waals surface area contributed by atoms with Crippen LogP contribution in [0.25, 0.3) is 10.9 Å². The molecule has 1 aromatic heterocycles. The molecule has 0 radical (unpaired) electrons. The van der Waals surface area contributed by atoms with E-state index in [9.17, 15) is 4.39 Å².